The predicted molar refractivity (Wildman–Crippen MR) is 101 cm³/mol. The Morgan fingerprint density at radius 3 is 2.41 bits per heavy atom. The quantitative estimate of drug-likeness (QED) is 0.261. The Morgan fingerprint density at radius 1 is 1.05 bits per heavy atom. The molecule has 2 atom stereocenters. The van der Waals surface area contributed by atoms with E-state index in [2.05, 4.69) is 32.7 Å². The van der Waals surface area contributed by atoms with Gasteiger partial charge in [-0.25, -0.2) is 0 Å². The summed E-state index contributed by atoms with van der Waals surface area (Å²) in [5.41, 5.74) is 1.28. The first-order valence-electron chi connectivity index (χ1n) is 9.52. The Balaban J connectivity index is 3.80. The molecule has 0 rings (SSSR count). The van der Waals surface area contributed by atoms with Gasteiger partial charge in [0.2, 0.25) is 0 Å². The molecule has 0 spiro atoms. The van der Waals surface area contributed by atoms with Gasteiger partial charge in [-0.05, 0) is 50.8 Å². The third kappa shape index (κ3) is 13.1. The average Bonchev–Trinajstić information content (AvgIpc) is 2.50. The summed E-state index contributed by atoms with van der Waals surface area (Å²) in [6.45, 7) is 12.1. The van der Waals surface area contributed by atoms with Crippen LogP contribution in [0.1, 0.15) is 91.4 Å². The Hall–Kier alpha value is -0.630. The zero-order valence-corrected chi connectivity index (χ0v) is 15.4. The van der Waals surface area contributed by atoms with Gasteiger partial charge in [-0.1, -0.05) is 71.4 Å². The lowest BCUT2D eigenvalue weighted by Crippen LogP contribution is -2.30. The number of hydrogen-bond acceptors (Lipinski definition) is 2. The molecule has 0 aliphatic rings. The fourth-order valence-corrected chi connectivity index (χ4v) is 2.96. The third-order valence-corrected chi connectivity index (χ3v) is 4.49. The second kappa shape index (κ2) is 15.3. The highest BCUT2D eigenvalue weighted by atomic mass is 14.9. The third-order valence-electron chi connectivity index (χ3n) is 4.49. The largest absolute Gasteiger partial charge is 0.314 e. The minimum absolute atomic E-state index is 0.680. The van der Waals surface area contributed by atoms with E-state index in [-0.39, 0.29) is 0 Å². The highest BCUT2D eigenvalue weighted by Crippen LogP contribution is 2.17. The molecule has 0 aromatic carbocycles. The fourth-order valence-electron chi connectivity index (χ4n) is 2.96. The maximum absolute atomic E-state index is 7.07. The lowest BCUT2D eigenvalue weighted by atomic mass is 9.95. The molecular formula is C20H40N2. The van der Waals surface area contributed by atoms with Crippen LogP contribution in [0, 0.1) is 11.3 Å². The summed E-state index contributed by atoms with van der Waals surface area (Å²) >= 11 is 0. The predicted octanol–water partition coefficient (Wildman–Crippen LogP) is 6.12. The molecule has 0 aliphatic heterocycles. The molecule has 2 heteroatoms. The summed E-state index contributed by atoms with van der Waals surface area (Å²) < 4.78 is 0. The van der Waals surface area contributed by atoms with Gasteiger partial charge >= 0.3 is 0 Å². The van der Waals surface area contributed by atoms with Crippen molar-refractivity contribution in [1.29, 1.82) is 5.41 Å². The number of hydrogen-bond donors (Lipinski definition) is 2. The van der Waals surface area contributed by atoms with Crippen LogP contribution < -0.4 is 5.32 Å². The molecule has 1 unspecified atom stereocenters. The summed E-state index contributed by atoms with van der Waals surface area (Å²) in [5, 5.41) is 10.8. The molecule has 0 amide bonds. The molecule has 0 aromatic rings. The zero-order chi connectivity index (χ0) is 16.6. The summed E-state index contributed by atoms with van der Waals surface area (Å²) in [4.78, 5) is 0. The van der Waals surface area contributed by atoms with E-state index in [1.54, 1.807) is 0 Å². The standard InChI is InChI=1S/C20H40N2/c1-5-7-11-18(3)12-8-14-20(10-6-2)22-17-15-19(4)13-9-16-21/h16,18,20-22H,4-15,17H2,1-3H3/t18-,20?/m1/s1. The zero-order valence-electron chi connectivity index (χ0n) is 15.4. The van der Waals surface area contributed by atoms with Gasteiger partial charge in [0.05, 0.1) is 0 Å². The molecule has 2 N–H and O–H groups in total. The summed E-state index contributed by atoms with van der Waals surface area (Å²) in [6, 6.07) is 0.680. The van der Waals surface area contributed by atoms with Crippen LogP contribution in [0.25, 0.3) is 0 Å². The summed E-state index contributed by atoms with van der Waals surface area (Å²) in [6.07, 6.45) is 15.1. The van der Waals surface area contributed by atoms with Crippen molar-refractivity contribution in [3.63, 3.8) is 0 Å². The van der Waals surface area contributed by atoms with Gasteiger partial charge in [0.15, 0.2) is 0 Å². The molecule has 0 fully saturated rings. The summed E-state index contributed by atoms with van der Waals surface area (Å²) in [5.74, 6) is 0.892. The van der Waals surface area contributed by atoms with E-state index < -0.39 is 0 Å². The molecular weight excluding hydrogens is 268 g/mol. The maximum Gasteiger partial charge on any atom is 0.00670 e. The fraction of sp³-hybridized carbons (Fsp3) is 0.850. The van der Waals surface area contributed by atoms with Gasteiger partial charge in [0.1, 0.15) is 0 Å². The van der Waals surface area contributed by atoms with Crippen LogP contribution in [-0.2, 0) is 0 Å². The van der Waals surface area contributed by atoms with Gasteiger partial charge in [-0.3, -0.25) is 0 Å². The Labute approximate surface area is 139 Å². The number of unbranched alkanes of at least 4 members (excludes halogenated alkanes) is 1. The molecule has 0 saturated heterocycles. The van der Waals surface area contributed by atoms with Gasteiger partial charge in [-0.15, -0.1) is 0 Å². The van der Waals surface area contributed by atoms with Gasteiger partial charge < -0.3 is 10.7 Å². The van der Waals surface area contributed by atoms with Crippen LogP contribution in [0.5, 0.6) is 0 Å². The molecule has 0 aliphatic carbocycles. The molecule has 130 valence electrons. The van der Waals surface area contributed by atoms with Crippen LogP contribution in [0.3, 0.4) is 0 Å². The highest BCUT2D eigenvalue weighted by molar-refractivity contribution is 5.53. The van der Waals surface area contributed by atoms with Crippen molar-refractivity contribution in [3.05, 3.63) is 12.2 Å². The smallest absolute Gasteiger partial charge is 0.00670 e. The molecule has 2 nitrogen and oxygen atoms in total. The van der Waals surface area contributed by atoms with Crippen LogP contribution >= 0.6 is 0 Å². The van der Waals surface area contributed by atoms with Crippen molar-refractivity contribution in [1.82, 2.24) is 5.32 Å². The van der Waals surface area contributed by atoms with E-state index in [9.17, 15) is 0 Å². The second-order valence-corrected chi connectivity index (χ2v) is 6.86. The van der Waals surface area contributed by atoms with Gasteiger partial charge in [0, 0.05) is 6.04 Å². The van der Waals surface area contributed by atoms with E-state index in [1.807, 2.05) is 0 Å². The normalized spacial score (nSPS) is 13.8. The van der Waals surface area contributed by atoms with Crippen molar-refractivity contribution in [2.24, 2.45) is 5.92 Å². The number of nitrogens with one attached hydrogen (secondary N) is 2. The van der Waals surface area contributed by atoms with Crippen LogP contribution in [0.2, 0.25) is 0 Å². The van der Waals surface area contributed by atoms with Crippen molar-refractivity contribution in [3.8, 4) is 0 Å². The van der Waals surface area contributed by atoms with Crippen LogP contribution in [0.4, 0.5) is 0 Å². The first-order valence-corrected chi connectivity index (χ1v) is 9.52. The van der Waals surface area contributed by atoms with Crippen molar-refractivity contribution in [2.45, 2.75) is 97.4 Å². The first kappa shape index (κ1) is 21.4. The van der Waals surface area contributed by atoms with E-state index in [4.69, 9.17) is 5.41 Å². The second-order valence-electron chi connectivity index (χ2n) is 6.86. The lowest BCUT2D eigenvalue weighted by Gasteiger charge is -2.19. The summed E-state index contributed by atoms with van der Waals surface area (Å²) in [7, 11) is 0. The Morgan fingerprint density at radius 2 is 1.77 bits per heavy atom. The topological polar surface area (TPSA) is 35.9 Å². The van der Waals surface area contributed by atoms with Gasteiger partial charge in [-0.2, -0.15) is 0 Å². The highest BCUT2D eigenvalue weighted by Gasteiger charge is 2.08. The first-order chi connectivity index (χ1) is 10.6. The number of rotatable bonds is 16. The Bertz CT molecular complexity index is 273. The molecule has 0 bridgehead atoms. The van der Waals surface area contributed by atoms with Crippen LogP contribution in [0.15, 0.2) is 12.2 Å². The molecule has 0 heterocycles. The van der Waals surface area contributed by atoms with Crippen molar-refractivity contribution in [2.75, 3.05) is 6.54 Å². The van der Waals surface area contributed by atoms with E-state index in [0.29, 0.717) is 6.04 Å². The molecule has 0 aromatic heterocycles. The SMILES string of the molecule is C=C(CCC=N)CCNC(CCC)CCC[C@H](C)CCCC. The molecule has 0 radical (unpaired) electrons. The van der Waals surface area contributed by atoms with E-state index in [0.717, 1.165) is 31.7 Å². The van der Waals surface area contributed by atoms with E-state index >= 15 is 0 Å². The Kier molecular flexibility index (Phi) is 14.8. The van der Waals surface area contributed by atoms with Crippen molar-refractivity contribution < 1.29 is 0 Å². The molecule has 0 saturated carbocycles. The minimum Gasteiger partial charge on any atom is -0.314 e. The maximum atomic E-state index is 7.07. The van der Waals surface area contributed by atoms with Crippen molar-refractivity contribution >= 4 is 6.21 Å². The monoisotopic (exact) mass is 308 g/mol. The van der Waals surface area contributed by atoms with Crippen LogP contribution in [-0.4, -0.2) is 18.8 Å². The molecule has 22 heavy (non-hydrogen) atoms. The minimum atomic E-state index is 0.680. The lowest BCUT2D eigenvalue weighted by molar-refractivity contribution is 0.394. The van der Waals surface area contributed by atoms with E-state index in [1.165, 1.54) is 63.2 Å². The van der Waals surface area contributed by atoms with Gasteiger partial charge in [0.25, 0.3) is 0 Å². The average molecular weight is 309 g/mol.